The van der Waals surface area contributed by atoms with Crippen LogP contribution >= 0.6 is 11.6 Å². The van der Waals surface area contributed by atoms with Gasteiger partial charge in [0.25, 0.3) is 0 Å². The number of benzene rings is 1. The van der Waals surface area contributed by atoms with Gasteiger partial charge in [0.15, 0.2) is 0 Å². The quantitative estimate of drug-likeness (QED) is 0.796. The van der Waals surface area contributed by atoms with Gasteiger partial charge < -0.3 is 9.80 Å². The lowest BCUT2D eigenvalue weighted by atomic mass is 9.84. The molecule has 4 heteroatoms. The first-order chi connectivity index (χ1) is 9.69. The summed E-state index contributed by atoms with van der Waals surface area (Å²) in [6, 6.07) is 8.57. The fourth-order valence-corrected chi connectivity index (χ4v) is 3.90. The molecule has 2 aliphatic heterocycles. The third-order valence-electron chi connectivity index (χ3n) is 4.77. The lowest BCUT2D eigenvalue weighted by Crippen LogP contribution is -2.52. The van der Waals surface area contributed by atoms with Crippen LogP contribution in [0.1, 0.15) is 24.8 Å². The van der Waals surface area contributed by atoms with Gasteiger partial charge in [-0.25, -0.2) is 0 Å². The van der Waals surface area contributed by atoms with E-state index in [4.69, 9.17) is 11.6 Å². The minimum absolute atomic E-state index is 0.710. The molecular weight excluding hydrogens is 270 g/mol. The highest BCUT2D eigenvalue weighted by atomic mass is 35.5. The monoisotopic (exact) mass is 289 g/mol. The van der Waals surface area contributed by atoms with Gasteiger partial charge in [-0.15, -0.1) is 0 Å². The van der Waals surface area contributed by atoms with Gasteiger partial charge in [0.05, 0.1) is 11.3 Å². The van der Waals surface area contributed by atoms with Crippen LogP contribution in [0.2, 0.25) is 5.02 Å². The molecule has 0 aromatic heterocycles. The fourth-order valence-electron chi connectivity index (χ4n) is 3.73. The topological polar surface area (TPSA) is 30.3 Å². The summed E-state index contributed by atoms with van der Waals surface area (Å²) < 4.78 is 0. The average Bonchev–Trinajstić information content (AvgIpc) is 2.47. The Balaban J connectivity index is 1.83. The smallest absolute Gasteiger partial charge is 0.101 e. The van der Waals surface area contributed by atoms with Gasteiger partial charge in [-0.2, -0.15) is 5.26 Å². The maximum Gasteiger partial charge on any atom is 0.101 e. The molecule has 3 nitrogen and oxygen atoms in total. The van der Waals surface area contributed by atoms with Crippen LogP contribution in [0.5, 0.6) is 0 Å². The SMILES string of the molecule is CN1CCCC2CN(c3cc(Cl)ccc3C#N)CCC21. The van der Waals surface area contributed by atoms with Crippen molar-refractivity contribution >= 4 is 17.3 Å². The van der Waals surface area contributed by atoms with Crippen molar-refractivity contribution in [2.75, 3.05) is 31.6 Å². The van der Waals surface area contributed by atoms with E-state index in [0.29, 0.717) is 17.0 Å². The third-order valence-corrected chi connectivity index (χ3v) is 5.00. The Morgan fingerprint density at radius 3 is 2.95 bits per heavy atom. The van der Waals surface area contributed by atoms with E-state index in [9.17, 15) is 5.26 Å². The Morgan fingerprint density at radius 2 is 2.15 bits per heavy atom. The lowest BCUT2D eigenvalue weighted by Gasteiger charge is -2.46. The minimum atomic E-state index is 0.710. The van der Waals surface area contributed by atoms with E-state index >= 15 is 0 Å². The summed E-state index contributed by atoms with van der Waals surface area (Å²) in [6.07, 6.45) is 3.76. The zero-order valence-corrected chi connectivity index (χ0v) is 12.6. The number of halogens is 1. The predicted molar refractivity (Wildman–Crippen MR) is 82.1 cm³/mol. The van der Waals surface area contributed by atoms with Crippen LogP contribution in [-0.4, -0.2) is 37.6 Å². The molecule has 0 spiro atoms. The molecule has 20 heavy (non-hydrogen) atoms. The number of nitriles is 1. The zero-order valence-electron chi connectivity index (χ0n) is 11.8. The van der Waals surface area contributed by atoms with E-state index in [-0.39, 0.29) is 0 Å². The van der Waals surface area contributed by atoms with Crippen molar-refractivity contribution in [3.05, 3.63) is 28.8 Å². The molecular formula is C16H20ClN3. The van der Waals surface area contributed by atoms with Crippen LogP contribution < -0.4 is 4.90 Å². The highest BCUT2D eigenvalue weighted by Crippen LogP contribution is 2.34. The molecule has 2 aliphatic rings. The van der Waals surface area contributed by atoms with Crippen LogP contribution in [0.4, 0.5) is 5.69 Å². The number of rotatable bonds is 1. The summed E-state index contributed by atoms with van der Waals surface area (Å²) in [7, 11) is 2.24. The Kier molecular flexibility index (Phi) is 3.87. The van der Waals surface area contributed by atoms with Gasteiger partial charge >= 0.3 is 0 Å². The van der Waals surface area contributed by atoms with E-state index in [0.717, 1.165) is 24.3 Å². The Bertz CT molecular complexity index is 537. The van der Waals surface area contributed by atoms with Crippen molar-refractivity contribution in [2.24, 2.45) is 5.92 Å². The maximum absolute atomic E-state index is 9.29. The maximum atomic E-state index is 9.29. The summed E-state index contributed by atoms with van der Waals surface area (Å²) >= 11 is 6.11. The average molecular weight is 290 g/mol. The van der Waals surface area contributed by atoms with Crippen LogP contribution in [0.3, 0.4) is 0 Å². The van der Waals surface area contributed by atoms with Crippen molar-refractivity contribution in [1.29, 1.82) is 5.26 Å². The fraction of sp³-hybridized carbons (Fsp3) is 0.562. The Morgan fingerprint density at radius 1 is 1.30 bits per heavy atom. The molecule has 1 aromatic rings. The van der Waals surface area contributed by atoms with Crippen molar-refractivity contribution in [1.82, 2.24) is 4.90 Å². The molecule has 0 bridgehead atoms. The number of hydrogen-bond acceptors (Lipinski definition) is 3. The van der Waals surface area contributed by atoms with Crippen molar-refractivity contribution in [2.45, 2.75) is 25.3 Å². The van der Waals surface area contributed by atoms with Crippen molar-refractivity contribution in [3.63, 3.8) is 0 Å². The van der Waals surface area contributed by atoms with E-state index in [1.165, 1.54) is 25.8 Å². The molecule has 2 atom stereocenters. The molecule has 1 aromatic carbocycles. The van der Waals surface area contributed by atoms with E-state index in [2.05, 4.69) is 22.9 Å². The number of anilines is 1. The second kappa shape index (κ2) is 5.63. The lowest BCUT2D eigenvalue weighted by molar-refractivity contribution is 0.102. The van der Waals surface area contributed by atoms with Gasteiger partial charge in [0, 0.05) is 24.2 Å². The third kappa shape index (κ3) is 2.51. The molecule has 0 aliphatic carbocycles. The van der Waals surface area contributed by atoms with E-state index < -0.39 is 0 Å². The first-order valence-corrected chi connectivity index (χ1v) is 7.71. The van der Waals surface area contributed by atoms with Gasteiger partial charge in [-0.3, -0.25) is 0 Å². The van der Waals surface area contributed by atoms with Crippen molar-refractivity contribution < 1.29 is 0 Å². The minimum Gasteiger partial charge on any atom is -0.370 e. The van der Waals surface area contributed by atoms with E-state index in [1.807, 2.05) is 12.1 Å². The Hall–Kier alpha value is -1.24. The molecule has 3 rings (SSSR count). The number of nitrogens with zero attached hydrogens (tertiary/aromatic N) is 3. The highest BCUT2D eigenvalue weighted by molar-refractivity contribution is 6.30. The normalized spacial score (nSPS) is 26.9. The molecule has 0 amide bonds. The van der Waals surface area contributed by atoms with Crippen LogP contribution in [0, 0.1) is 17.2 Å². The second-order valence-electron chi connectivity index (χ2n) is 5.96. The summed E-state index contributed by atoms with van der Waals surface area (Å²) in [5.41, 5.74) is 1.74. The summed E-state index contributed by atoms with van der Waals surface area (Å²) in [5.74, 6) is 0.716. The van der Waals surface area contributed by atoms with Gasteiger partial charge in [0.1, 0.15) is 6.07 Å². The van der Waals surface area contributed by atoms with Crippen LogP contribution in [0.15, 0.2) is 18.2 Å². The molecule has 0 radical (unpaired) electrons. The molecule has 106 valence electrons. The number of hydrogen-bond donors (Lipinski definition) is 0. The summed E-state index contributed by atoms with van der Waals surface area (Å²) in [6.45, 7) is 3.28. The van der Waals surface area contributed by atoms with Crippen LogP contribution in [0.25, 0.3) is 0 Å². The number of likely N-dealkylation sites (tertiary alicyclic amines) is 1. The Labute approximate surface area is 125 Å². The first kappa shape index (κ1) is 13.7. The molecule has 0 N–H and O–H groups in total. The van der Waals surface area contributed by atoms with E-state index in [1.54, 1.807) is 6.07 Å². The number of piperidine rings is 2. The van der Waals surface area contributed by atoms with Gasteiger partial charge in [-0.1, -0.05) is 11.6 Å². The largest absolute Gasteiger partial charge is 0.370 e. The molecule has 2 unspecified atom stereocenters. The van der Waals surface area contributed by atoms with Gasteiger partial charge in [-0.05, 0) is 57.0 Å². The van der Waals surface area contributed by atoms with Gasteiger partial charge in [0.2, 0.25) is 0 Å². The summed E-state index contributed by atoms with van der Waals surface area (Å²) in [5, 5.41) is 10.00. The second-order valence-corrected chi connectivity index (χ2v) is 6.39. The highest BCUT2D eigenvalue weighted by Gasteiger charge is 2.34. The number of fused-ring (bicyclic) bond motifs is 1. The first-order valence-electron chi connectivity index (χ1n) is 7.34. The standard InChI is InChI=1S/C16H20ClN3/c1-19-7-2-3-13-11-20(8-6-15(13)19)16-9-14(17)5-4-12(16)10-18/h4-5,9,13,15H,2-3,6-8,11H2,1H3. The molecule has 2 fully saturated rings. The van der Waals surface area contributed by atoms with Crippen LogP contribution in [-0.2, 0) is 0 Å². The zero-order chi connectivity index (χ0) is 14.1. The molecule has 2 saturated heterocycles. The molecule has 2 heterocycles. The summed E-state index contributed by atoms with van der Waals surface area (Å²) in [4.78, 5) is 4.86. The van der Waals surface area contributed by atoms with Crippen molar-refractivity contribution in [3.8, 4) is 6.07 Å². The molecule has 0 saturated carbocycles. The predicted octanol–water partition coefficient (Wildman–Crippen LogP) is 3.13.